The zero-order valence-corrected chi connectivity index (χ0v) is 18.6. The number of aliphatic hydroxyl groups is 1. The van der Waals surface area contributed by atoms with Crippen LogP contribution in [0.25, 0.3) is 11.3 Å². The van der Waals surface area contributed by atoms with E-state index in [1.54, 1.807) is 37.3 Å². The molecular weight excluding hydrogens is 447 g/mol. The van der Waals surface area contributed by atoms with Gasteiger partial charge in [0, 0.05) is 25.4 Å². The lowest BCUT2D eigenvalue weighted by molar-refractivity contribution is -0.137. The quantitative estimate of drug-likeness (QED) is 0.562. The third-order valence-corrected chi connectivity index (χ3v) is 5.82. The maximum atomic E-state index is 13.3. The van der Waals surface area contributed by atoms with Gasteiger partial charge in [0.2, 0.25) is 0 Å². The number of pyridine rings is 2. The summed E-state index contributed by atoms with van der Waals surface area (Å²) < 4.78 is 39.8. The van der Waals surface area contributed by atoms with Gasteiger partial charge in [0.15, 0.2) is 5.82 Å². The number of rotatable bonds is 2. The van der Waals surface area contributed by atoms with Crippen LogP contribution in [0.1, 0.15) is 18.9 Å². The summed E-state index contributed by atoms with van der Waals surface area (Å²) >= 11 is 0. The molecule has 10 heteroatoms. The fraction of sp³-hybridized carbons (Fsp3) is 0.292. The monoisotopic (exact) mass is 471 g/mol. The molecule has 1 aromatic carbocycles. The molecular formula is C24H24F3N5O2. The normalized spacial score (nSPS) is 18.6. The average molecular weight is 471 g/mol. The molecule has 1 aliphatic rings. The molecule has 0 aliphatic carbocycles. The molecule has 4 rings (SSSR count). The number of nitrogens with one attached hydrogen (secondary N) is 1. The van der Waals surface area contributed by atoms with Gasteiger partial charge in [0.05, 0.1) is 29.1 Å². The molecule has 0 bridgehead atoms. The minimum atomic E-state index is -4.49. The largest absolute Gasteiger partial charge is 0.416 e. The fourth-order valence-corrected chi connectivity index (χ4v) is 3.87. The van der Waals surface area contributed by atoms with Crippen LogP contribution in [0.4, 0.5) is 35.3 Å². The number of halogens is 3. The van der Waals surface area contributed by atoms with Gasteiger partial charge in [-0.3, -0.25) is 10.2 Å². The zero-order chi connectivity index (χ0) is 24.5. The summed E-state index contributed by atoms with van der Waals surface area (Å²) in [4.78, 5) is 25.3. The summed E-state index contributed by atoms with van der Waals surface area (Å²) in [6.07, 6.45) is -3.39. The van der Waals surface area contributed by atoms with Crippen molar-refractivity contribution in [3.8, 4) is 11.3 Å². The van der Waals surface area contributed by atoms with Crippen LogP contribution < -0.4 is 15.1 Å². The van der Waals surface area contributed by atoms with Crippen LogP contribution in [-0.4, -0.2) is 46.8 Å². The lowest BCUT2D eigenvalue weighted by atomic mass is 10.0. The maximum Gasteiger partial charge on any atom is 0.416 e. The van der Waals surface area contributed by atoms with Gasteiger partial charge in [-0.15, -0.1) is 0 Å². The Morgan fingerprint density at radius 1 is 1.15 bits per heavy atom. The van der Waals surface area contributed by atoms with E-state index in [4.69, 9.17) is 0 Å². The number of hydrogen-bond donors (Lipinski definition) is 2. The van der Waals surface area contributed by atoms with Crippen LogP contribution in [-0.2, 0) is 6.18 Å². The fourth-order valence-electron chi connectivity index (χ4n) is 3.87. The van der Waals surface area contributed by atoms with Crippen molar-refractivity contribution in [3.63, 3.8) is 0 Å². The van der Waals surface area contributed by atoms with Gasteiger partial charge in [-0.05, 0) is 49.7 Å². The van der Waals surface area contributed by atoms with Crippen molar-refractivity contribution in [3.05, 3.63) is 66.4 Å². The molecule has 2 atom stereocenters. The first-order chi connectivity index (χ1) is 16.1. The first-order valence-corrected chi connectivity index (χ1v) is 10.7. The van der Waals surface area contributed by atoms with Crippen molar-refractivity contribution in [1.29, 1.82) is 0 Å². The number of urea groups is 1. The molecule has 3 aromatic rings. The van der Waals surface area contributed by atoms with Gasteiger partial charge in [-0.1, -0.05) is 18.2 Å². The highest BCUT2D eigenvalue weighted by atomic mass is 19.4. The van der Waals surface area contributed by atoms with Crippen LogP contribution in [0.2, 0.25) is 0 Å². The molecule has 0 saturated carbocycles. The topological polar surface area (TPSA) is 81.6 Å². The summed E-state index contributed by atoms with van der Waals surface area (Å²) in [6.45, 7) is 2.22. The summed E-state index contributed by atoms with van der Waals surface area (Å²) in [5.74, 6) is 0.553. The number of amides is 2. The Morgan fingerprint density at radius 3 is 2.65 bits per heavy atom. The highest BCUT2D eigenvalue weighted by Gasteiger charge is 2.34. The van der Waals surface area contributed by atoms with Gasteiger partial charge in [-0.2, -0.15) is 13.2 Å². The van der Waals surface area contributed by atoms with Gasteiger partial charge in [-0.25, -0.2) is 14.8 Å². The number of hydrogen-bond acceptors (Lipinski definition) is 5. The van der Waals surface area contributed by atoms with Crippen LogP contribution in [0, 0.1) is 0 Å². The molecule has 3 heterocycles. The van der Waals surface area contributed by atoms with Crippen molar-refractivity contribution in [2.45, 2.75) is 31.7 Å². The molecule has 1 aliphatic heterocycles. The molecule has 2 amide bonds. The molecule has 0 unspecified atom stereocenters. The van der Waals surface area contributed by atoms with E-state index in [0.29, 0.717) is 24.5 Å². The molecule has 34 heavy (non-hydrogen) atoms. The van der Waals surface area contributed by atoms with E-state index in [2.05, 4.69) is 15.3 Å². The van der Waals surface area contributed by atoms with Crippen molar-refractivity contribution in [1.82, 2.24) is 9.97 Å². The Hall–Kier alpha value is -3.66. The molecule has 7 nitrogen and oxygen atoms in total. The van der Waals surface area contributed by atoms with E-state index in [1.807, 2.05) is 11.9 Å². The van der Waals surface area contributed by atoms with Gasteiger partial charge >= 0.3 is 12.2 Å². The third kappa shape index (κ3) is 4.81. The molecule has 0 saturated heterocycles. The summed E-state index contributed by atoms with van der Waals surface area (Å²) in [7, 11) is 1.81. The summed E-state index contributed by atoms with van der Waals surface area (Å²) in [5.41, 5.74) is 0.367. The SMILES string of the molecule is C[C@@H]1[C@H](O)CCN(C)c2ccc(-c3cccc(C(F)(F)F)c3)nc2N1C(=O)Nc1ccccn1. The number of benzene rings is 1. The first-order valence-electron chi connectivity index (χ1n) is 10.7. The van der Waals surface area contributed by atoms with Crippen LogP contribution >= 0.6 is 0 Å². The summed E-state index contributed by atoms with van der Waals surface area (Å²) in [5, 5.41) is 13.4. The Kier molecular flexibility index (Phi) is 6.43. The van der Waals surface area contributed by atoms with Gasteiger partial charge in [0.25, 0.3) is 0 Å². The maximum absolute atomic E-state index is 13.3. The minimum Gasteiger partial charge on any atom is -0.391 e. The Balaban J connectivity index is 1.81. The minimum absolute atomic E-state index is 0.233. The van der Waals surface area contributed by atoms with Crippen LogP contribution in [0.5, 0.6) is 0 Å². The second-order valence-electron chi connectivity index (χ2n) is 8.15. The number of carbonyl (C=O) groups is 1. The number of nitrogens with zero attached hydrogens (tertiary/aromatic N) is 4. The number of carbonyl (C=O) groups excluding carboxylic acids is 1. The van der Waals surface area contributed by atoms with E-state index in [0.717, 1.165) is 12.1 Å². The average Bonchev–Trinajstić information content (AvgIpc) is 2.82. The zero-order valence-electron chi connectivity index (χ0n) is 18.6. The van der Waals surface area contributed by atoms with E-state index in [-0.39, 0.29) is 17.1 Å². The Bertz CT molecular complexity index is 1170. The highest BCUT2D eigenvalue weighted by Crippen LogP contribution is 2.36. The number of alkyl halides is 3. The van der Waals surface area contributed by atoms with Crippen LogP contribution in [0.15, 0.2) is 60.8 Å². The highest BCUT2D eigenvalue weighted by molar-refractivity contribution is 6.03. The molecule has 178 valence electrons. The lowest BCUT2D eigenvalue weighted by Gasteiger charge is -2.37. The predicted octanol–water partition coefficient (Wildman–Crippen LogP) is 4.79. The van der Waals surface area contributed by atoms with E-state index in [9.17, 15) is 23.1 Å². The lowest BCUT2D eigenvalue weighted by Crippen LogP contribution is -2.50. The predicted molar refractivity (Wildman–Crippen MR) is 124 cm³/mol. The van der Waals surface area contributed by atoms with Crippen LogP contribution in [0.3, 0.4) is 0 Å². The van der Waals surface area contributed by atoms with Crippen molar-refractivity contribution in [2.24, 2.45) is 0 Å². The molecule has 0 fully saturated rings. The number of anilines is 3. The first kappa shape index (κ1) is 23.5. The molecule has 0 spiro atoms. The number of aromatic nitrogens is 2. The molecule has 0 radical (unpaired) electrons. The van der Waals surface area contributed by atoms with E-state index < -0.39 is 29.9 Å². The third-order valence-electron chi connectivity index (χ3n) is 5.82. The van der Waals surface area contributed by atoms with Crippen molar-refractivity contribution >= 4 is 23.4 Å². The second kappa shape index (κ2) is 9.30. The van der Waals surface area contributed by atoms with Crippen molar-refractivity contribution in [2.75, 3.05) is 28.7 Å². The number of fused-ring (bicyclic) bond motifs is 1. The molecule has 2 N–H and O–H groups in total. The van der Waals surface area contributed by atoms with E-state index in [1.165, 1.54) is 23.2 Å². The van der Waals surface area contributed by atoms with E-state index >= 15 is 0 Å². The van der Waals surface area contributed by atoms with Gasteiger partial charge < -0.3 is 10.0 Å². The molecule has 2 aromatic heterocycles. The standard InChI is InChI=1S/C24H24F3N5O2/c1-15-20(33)11-13-31(2)19-10-9-18(16-6-5-7-17(14-16)24(25,26)27)29-22(19)32(15)23(34)30-21-8-3-4-12-28-21/h3-10,12,14-15,20,33H,11,13H2,1-2H3,(H,28,30,34)/t15-,20-/m1/s1. The second-order valence-corrected chi connectivity index (χ2v) is 8.15. The Labute approximate surface area is 194 Å². The smallest absolute Gasteiger partial charge is 0.391 e. The summed E-state index contributed by atoms with van der Waals surface area (Å²) in [6, 6.07) is 12.1. The number of aliphatic hydroxyl groups excluding tert-OH is 1. The van der Waals surface area contributed by atoms with Gasteiger partial charge in [0.1, 0.15) is 5.82 Å². The Morgan fingerprint density at radius 2 is 1.94 bits per heavy atom. The van der Waals surface area contributed by atoms with Crippen molar-refractivity contribution < 1.29 is 23.1 Å².